The summed E-state index contributed by atoms with van der Waals surface area (Å²) < 4.78 is 16.6. The number of halogens is 1. The summed E-state index contributed by atoms with van der Waals surface area (Å²) in [5.41, 5.74) is 1.23. The summed E-state index contributed by atoms with van der Waals surface area (Å²) in [4.78, 5) is 0. The maximum Gasteiger partial charge on any atom is 0.161 e. The fourth-order valence-electron chi connectivity index (χ4n) is 2.13. The summed E-state index contributed by atoms with van der Waals surface area (Å²) in [6.45, 7) is 2.11. The van der Waals surface area contributed by atoms with Gasteiger partial charge in [-0.15, -0.1) is 11.6 Å². The Morgan fingerprint density at radius 3 is 2.61 bits per heavy atom. The Labute approximate surface area is 113 Å². The second kappa shape index (κ2) is 5.81. The molecule has 0 N–H and O–H groups in total. The van der Waals surface area contributed by atoms with Crippen molar-refractivity contribution in [1.82, 2.24) is 0 Å². The molecule has 100 valence electrons. The lowest BCUT2D eigenvalue weighted by atomic mass is 9.91. The SMILES string of the molecule is CCc1ccc(OC2CC(Cl)C2OC)c(OC)c1. The molecule has 0 spiro atoms. The van der Waals surface area contributed by atoms with Crippen molar-refractivity contribution in [3.63, 3.8) is 0 Å². The minimum Gasteiger partial charge on any atom is -0.493 e. The van der Waals surface area contributed by atoms with E-state index in [1.54, 1.807) is 14.2 Å². The molecule has 3 nitrogen and oxygen atoms in total. The number of ether oxygens (including phenoxy) is 3. The summed E-state index contributed by atoms with van der Waals surface area (Å²) in [5, 5.41) is 0.0425. The third-order valence-electron chi connectivity index (χ3n) is 3.37. The Hall–Kier alpha value is -0.930. The van der Waals surface area contributed by atoms with E-state index in [9.17, 15) is 0 Å². The number of hydrogen-bond acceptors (Lipinski definition) is 3. The van der Waals surface area contributed by atoms with Gasteiger partial charge in [0.05, 0.1) is 12.5 Å². The van der Waals surface area contributed by atoms with E-state index in [1.807, 2.05) is 12.1 Å². The van der Waals surface area contributed by atoms with Gasteiger partial charge in [-0.25, -0.2) is 0 Å². The Balaban J connectivity index is 2.09. The van der Waals surface area contributed by atoms with E-state index in [2.05, 4.69) is 13.0 Å². The van der Waals surface area contributed by atoms with Gasteiger partial charge >= 0.3 is 0 Å². The molecule has 1 aliphatic rings. The van der Waals surface area contributed by atoms with Gasteiger partial charge in [-0.3, -0.25) is 0 Å². The first kappa shape index (κ1) is 13.5. The fraction of sp³-hybridized carbons (Fsp3) is 0.571. The van der Waals surface area contributed by atoms with Crippen LogP contribution >= 0.6 is 11.6 Å². The number of rotatable bonds is 5. The molecule has 18 heavy (non-hydrogen) atoms. The van der Waals surface area contributed by atoms with Gasteiger partial charge in [0, 0.05) is 13.5 Å². The van der Waals surface area contributed by atoms with Crippen molar-refractivity contribution in [2.75, 3.05) is 14.2 Å². The molecule has 1 aromatic carbocycles. The van der Waals surface area contributed by atoms with Gasteiger partial charge in [0.2, 0.25) is 0 Å². The molecule has 0 saturated heterocycles. The topological polar surface area (TPSA) is 27.7 Å². The predicted octanol–water partition coefficient (Wildman–Crippen LogP) is 3.03. The molecule has 0 bridgehead atoms. The second-order valence-corrected chi connectivity index (χ2v) is 5.01. The van der Waals surface area contributed by atoms with E-state index < -0.39 is 0 Å². The lowest BCUT2D eigenvalue weighted by Crippen LogP contribution is -2.52. The second-order valence-electron chi connectivity index (χ2n) is 4.45. The highest BCUT2D eigenvalue weighted by atomic mass is 35.5. The van der Waals surface area contributed by atoms with Gasteiger partial charge in [-0.1, -0.05) is 13.0 Å². The molecule has 1 fully saturated rings. The summed E-state index contributed by atoms with van der Waals surface area (Å²) in [5.74, 6) is 1.52. The van der Waals surface area contributed by atoms with Gasteiger partial charge in [0.15, 0.2) is 11.5 Å². The third-order valence-corrected chi connectivity index (χ3v) is 3.79. The van der Waals surface area contributed by atoms with Crippen molar-refractivity contribution in [3.8, 4) is 11.5 Å². The van der Waals surface area contributed by atoms with Crippen LogP contribution in [-0.2, 0) is 11.2 Å². The third kappa shape index (κ3) is 2.57. The summed E-state index contributed by atoms with van der Waals surface area (Å²) in [7, 11) is 3.31. The summed E-state index contributed by atoms with van der Waals surface area (Å²) in [6, 6.07) is 6.01. The number of alkyl halides is 1. The zero-order chi connectivity index (χ0) is 13.1. The smallest absolute Gasteiger partial charge is 0.161 e. The molecule has 0 heterocycles. The molecular weight excluding hydrogens is 252 g/mol. The van der Waals surface area contributed by atoms with Crippen LogP contribution in [0.4, 0.5) is 0 Å². The molecule has 1 aromatic rings. The number of aryl methyl sites for hydroxylation is 1. The van der Waals surface area contributed by atoms with E-state index in [1.165, 1.54) is 5.56 Å². The molecule has 2 rings (SSSR count). The van der Waals surface area contributed by atoms with Crippen molar-refractivity contribution in [2.24, 2.45) is 0 Å². The first-order valence-electron chi connectivity index (χ1n) is 6.20. The molecule has 0 radical (unpaired) electrons. The minimum absolute atomic E-state index is 0.0128. The molecule has 4 heteroatoms. The minimum atomic E-state index is -0.0396. The number of benzene rings is 1. The van der Waals surface area contributed by atoms with E-state index in [4.69, 9.17) is 25.8 Å². The molecule has 0 aliphatic heterocycles. The van der Waals surface area contributed by atoms with Crippen molar-refractivity contribution in [3.05, 3.63) is 23.8 Å². The lowest BCUT2D eigenvalue weighted by molar-refractivity contribution is -0.0590. The van der Waals surface area contributed by atoms with E-state index in [0.29, 0.717) is 0 Å². The number of methoxy groups -OCH3 is 2. The zero-order valence-corrected chi connectivity index (χ0v) is 11.7. The first-order valence-corrected chi connectivity index (χ1v) is 6.63. The van der Waals surface area contributed by atoms with Crippen LogP contribution in [0.1, 0.15) is 18.9 Å². The Morgan fingerprint density at radius 1 is 1.28 bits per heavy atom. The Morgan fingerprint density at radius 2 is 2.06 bits per heavy atom. The molecular formula is C14H19ClO3. The average molecular weight is 271 g/mol. The Bertz CT molecular complexity index is 408. The highest BCUT2D eigenvalue weighted by Crippen LogP contribution is 2.36. The van der Waals surface area contributed by atoms with Gasteiger partial charge < -0.3 is 14.2 Å². The van der Waals surface area contributed by atoms with E-state index in [-0.39, 0.29) is 17.6 Å². The van der Waals surface area contributed by atoms with Crippen molar-refractivity contribution >= 4 is 11.6 Å². The molecule has 3 unspecified atom stereocenters. The van der Waals surface area contributed by atoms with Crippen LogP contribution in [0.3, 0.4) is 0 Å². The van der Waals surface area contributed by atoms with Crippen LogP contribution in [0.25, 0.3) is 0 Å². The van der Waals surface area contributed by atoms with Crippen LogP contribution in [-0.4, -0.2) is 31.8 Å². The fourth-order valence-corrected chi connectivity index (χ4v) is 2.57. The quantitative estimate of drug-likeness (QED) is 0.770. The van der Waals surface area contributed by atoms with Crippen LogP contribution in [0.5, 0.6) is 11.5 Å². The normalized spacial score (nSPS) is 26.6. The number of hydrogen-bond donors (Lipinski definition) is 0. The van der Waals surface area contributed by atoms with Gasteiger partial charge in [0.25, 0.3) is 0 Å². The molecule has 0 amide bonds. The van der Waals surface area contributed by atoms with E-state index in [0.717, 1.165) is 24.3 Å². The molecule has 1 saturated carbocycles. The van der Waals surface area contributed by atoms with Crippen LogP contribution < -0.4 is 9.47 Å². The largest absolute Gasteiger partial charge is 0.493 e. The molecule has 1 aliphatic carbocycles. The zero-order valence-electron chi connectivity index (χ0n) is 11.0. The van der Waals surface area contributed by atoms with Crippen molar-refractivity contribution in [1.29, 1.82) is 0 Å². The predicted molar refractivity (Wildman–Crippen MR) is 71.8 cm³/mol. The summed E-state index contributed by atoms with van der Waals surface area (Å²) in [6.07, 6.45) is 1.75. The average Bonchev–Trinajstić information content (AvgIpc) is 2.38. The maximum absolute atomic E-state index is 6.06. The standard InChI is InChI=1S/C14H19ClO3/c1-4-9-5-6-11(12(7-9)16-2)18-13-8-10(15)14(13)17-3/h5-7,10,13-14H,4,8H2,1-3H3. The highest BCUT2D eigenvalue weighted by Gasteiger charge is 2.42. The van der Waals surface area contributed by atoms with Crippen LogP contribution in [0.15, 0.2) is 18.2 Å². The monoisotopic (exact) mass is 270 g/mol. The lowest BCUT2D eigenvalue weighted by Gasteiger charge is -2.39. The Kier molecular flexibility index (Phi) is 4.36. The first-order chi connectivity index (χ1) is 8.69. The molecule has 3 atom stereocenters. The van der Waals surface area contributed by atoms with Crippen LogP contribution in [0, 0.1) is 0 Å². The van der Waals surface area contributed by atoms with Crippen LogP contribution in [0.2, 0.25) is 0 Å². The van der Waals surface area contributed by atoms with Crippen molar-refractivity contribution < 1.29 is 14.2 Å². The maximum atomic E-state index is 6.06. The highest BCUT2D eigenvalue weighted by molar-refractivity contribution is 6.21. The molecule has 0 aromatic heterocycles. The van der Waals surface area contributed by atoms with E-state index >= 15 is 0 Å². The summed E-state index contributed by atoms with van der Waals surface area (Å²) >= 11 is 6.06. The van der Waals surface area contributed by atoms with Gasteiger partial charge in [-0.2, -0.15) is 0 Å². The van der Waals surface area contributed by atoms with Crippen molar-refractivity contribution in [2.45, 2.75) is 37.4 Å². The van der Waals surface area contributed by atoms with Gasteiger partial charge in [-0.05, 0) is 24.1 Å². The van der Waals surface area contributed by atoms with Gasteiger partial charge in [0.1, 0.15) is 12.2 Å².